The lowest BCUT2D eigenvalue weighted by Crippen LogP contribution is -1.99. The van der Waals surface area contributed by atoms with Crippen molar-refractivity contribution in [1.82, 2.24) is 0 Å². The lowest BCUT2D eigenvalue weighted by molar-refractivity contribution is 0.0697. The van der Waals surface area contributed by atoms with E-state index in [1.54, 1.807) is 18.2 Å². The average molecular weight is 716 g/mol. The third-order valence-electron chi connectivity index (χ3n) is 8.21. The first-order chi connectivity index (χ1) is 21.9. The zero-order valence-electron chi connectivity index (χ0n) is 23.3. The molecule has 0 unspecified atom stereocenters. The van der Waals surface area contributed by atoms with Gasteiger partial charge in [0, 0.05) is 52.7 Å². The van der Waals surface area contributed by atoms with Gasteiger partial charge in [0.1, 0.15) is 22.3 Å². The maximum atomic E-state index is 12.6. The molecule has 0 radical (unpaired) electrons. The lowest BCUT2D eigenvalue weighted by Gasteiger charge is -2.07. The first-order valence-corrected chi connectivity index (χ1v) is 15.7. The molecule has 0 atom stereocenters. The molecule has 0 fully saturated rings. The van der Waals surface area contributed by atoms with Crippen molar-refractivity contribution < 1.29 is 23.5 Å². The zero-order chi connectivity index (χ0) is 30.8. The molecule has 1 aliphatic carbocycles. The molecule has 2 aromatic heterocycles. The Labute approximate surface area is 273 Å². The Kier molecular flexibility index (Phi) is 6.48. The number of carbonyl (C=O) groups excluding carboxylic acids is 1. The third-order valence-corrected chi connectivity index (χ3v) is 9.50. The molecule has 1 aliphatic rings. The number of halogens is 2. The van der Waals surface area contributed by atoms with Crippen LogP contribution >= 0.6 is 31.9 Å². The highest BCUT2D eigenvalue weighted by molar-refractivity contribution is 9.11. The van der Waals surface area contributed by atoms with Gasteiger partial charge in [-0.1, -0.05) is 94.8 Å². The third kappa shape index (κ3) is 4.26. The standard InChI is InChI=1S/C19H11BrO3.C19H9BrO2/c20-15-10-9-12(11-5-1-2-6-13(11)19(21)22)18-17(15)14-7-3-4-8-16(14)23-18;20-14-9-13-16(10-5-1-2-6-11(10)18(13)21)19-17(14)12-7-3-4-8-15(12)22-19/h1-10H,(H,21,22);1-9H. The normalized spacial score (nSPS) is 12.0. The molecule has 45 heavy (non-hydrogen) atoms. The van der Waals surface area contributed by atoms with E-state index < -0.39 is 5.97 Å². The molecule has 0 spiro atoms. The van der Waals surface area contributed by atoms with Crippen molar-refractivity contribution in [3.63, 3.8) is 0 Å². The Hall–Kier alpha value is -4.98. The fraction of sp³-hybridized carbons (Fsp3) is 0. The summed E-state index contributed by atoms with van der Waals surface area (Å²) in [5, 5.41) is 13.5. The summed E-state index contributed by atoms with van der Waals surface area (Å²) in [6.07, 6.45) is 0. The number of hydrogen-bond donors (Lipinski definition) is 1. The zero-order valence-corrected chi connectivity index (χ0v) is 26.5. The van der Waals surface area contributed by atoms with Crippen LogP contribution in [0.4, 0.5) is 0 Å². The number of rotatable bonds is 2. The van der Waals surface area contributed by atoms with E-state index in [0.717, 1.165) is 69.5 Å². The van der Waals surface area contributed by atoms with Gasteiger partial charge >= 0.3 is 5.97 Å². The van der Waals surface area contributed by atoms with Crippen LogP contribution in [-0.4, -0.2) is 16.9 Å². The van der Waals surface area contributed by atoms with Crippen LogP contribution in [0.1, 0.15) is 26.3 Å². The number of furan rings is 2. The first kappa shape index (κ1) is 27.6. The number of carboxylic acids is 1. The maximum absolute atomic E-state index is 12.6. The van der Waals surface area contributed by atoms with Crippen LogP contribution in [0.3, 0.4) is 0 Å². The van der Waals surface area contributed by atoms with E-state index in [0.29, 0.717) is 16.7 Å². The van der Waals surface area contributed by atoms with Crippen LogP contribution in [0, 0.1) is 0 Å². The molecule has 0 amide bonds. The second-order valence-electron chi connectivity index (χ2n) is 10.7. The fourth-order valence-corrected chi connectivity index (χ4v) is 7.40. The quantitative estimate of drug-likeness (QED) is 0.193. The molecule has 9 rings (SSSR count). The second kappa shape index (κ2) is 10.6. The highest BCUT2D eigenvalue weighted by Gasteiger charge is 2.31. The van der Waals surface area contributed by atoms with Gasteiger partial charge < -0.3 is 13.9 Å². The summed E-state index contributed by atoms with van der Waals surface area (Å²) >= 11 is 7.19. The summed E-state index contributed by atoms with van der Waals surface area (Å²) < 4.78 is 14.0. The molecule has 7 heteroatoms. The van der Waals surface area contributed by atoms with Crippen molar-refractivity contribution >= 4 is 87.5 Å². The number of carbonyl (C=O) groups is 2. The van der Waals surface area contributed by atoms with Gasteiger partial charge in [0.25, 0.3) is 0 Å². The number of hydrogen-bond acceptors (Lipinski definition) is 4. The summed E-state index contributed by atoms with van der Waals surface area (Å²) in [6.45, 7) is 0. The van der Waals surface area contributed by atoms with E-state index >= 15 is 0 Å². The van der Waals surface area contributed by atoms with E-state index in [1.165, 1.54) is 0 Å². The van der Waals surface area contributed by atoms with Gasteiger partial charge in [-0.05, 0) is 63.5 Å². The molecule has 1 N–H and O–H groups in total. The van der Waals surface area contributed by atoms with Gasteiger partial charge in [-0.3, -0.25) is 4.79 Å². The summed E-state index contributed by atoms with van der Waals surface area (Å²) in [6, 6.07) is 36.2. The summed E-state index contributed by atoms with van der Waals surface area (Å²) in [7, 11) is 0. The molecule has 0 bridgehead atoms. The van der Waals surface area contributed by atoms with Gasteiger partial charge in [0.05, 0.1) is 5.56 Å². The topological polar surface area (TPSA) is 80.6 Å². The minimum atomic E-state index is -0.951. The van der Waals surface area contributed by atoms with E-state index in [1.807, 2.05) is 97.1 Å². The Morgan fingerprint density at radius 1 is 0.556 bits per heavy atom. The number of benzene rings is 6. The van der Waals surface area contributed by atoms with E-state index in [4.69, 9.17) is 8.83 Å². The fourth-order valence-electron chi connectivity index (χ4n) is 6.25. The number of para-hydroxylation sites is 2. The highest BCUT2D eigenvalue weighted by atomic mass is 79.9. The Morgan fingerprint density at radius 3 is 1.80 bits per heavy atom. The number of ketones is 1. The van der Waals surface area contributed by atoms with Crippen LogP contribution < -0.4 is 0 Å². The molecule has 6 aromatic carbocycles. The predicted octanol–water partition coefficient (Wildman–Crippen LogP) is 11.3. The largest absolute Gasteiger partial charge is 0.478 e. The Balaban J connectivity index is 0.000000134. The summed E-state index contributed by atoms with van der Waals surface area (Å²) in [5.74, 6) is -0.888. The SMILES string of the molecule is O=C(O)c1ccccc1-c1ccc(Br)c2c1oc1ccccc12.O=C1c2ccccc2-c2c1cc(Br)c1c2oc2ccccc21. The second-order valence-corrected chi connectivity index (χ2v) is 12.4. The molecular weight excluding hydrogens is 696 g/mol. The number of carboxylic acid groups (broad SMARTS) is 1. The molecule has 0 aliphatic heterocycles. The highest BCUT2D eigenvalue weighted by Crippen LogP contribution is 2.47. The van der Waals surface area contributed by atoms with Crippen molar-refractivity contribution in [2.24, 2.45) is 0 Å². The lowest BCUT2D eigenvalue weighted by atomic mass is 9.98. The summed E-state index contributed by atoms with van der Waals surface area (Å²) in [4.78, 5) is 24.2. The first-order valence-electron chi connectivity index (χ1n) is 14.1. The van der Waals surface area contributed by atoms with Crippen LogP contribution in [0.25, 0.3) is 66.1 Å². The van der Waals surface area contributed by atoms with Crippen molar-refractivity contribution in [3.05, 3.63) is 141 Å². The monoisotopic (exact) mass is 714 g/mol. The van der Waals surface area contributed by atoms with Crippen LogP contribution in [0.5, 0.6) is 0 Å². The van der Waals surface area contributed by atoms with E-state index in [2.05, 4.69) is 31.9 Å². The van der Waals surface area contributed by atoms with Crippen LogP contribution in [0.2, 0.25) is 0 Å². The molecular formula is C38H20Br2O5. The van der Waals surface area contributed by atoms with E-state index in [9.17, 15) is 14.7 Å². The van der Waals surface area contributed by atoms with Crippen molar-refractivity contribution in [2.75, 3.05) is 0 Å². The van der Waals surface area contributed by atoms with Gasteiger partial charge in [0.2, 0.25) is 0 Å². The molecule has 2 heterocycles. The number of aromatic carboxylic acids is 1. The minimum Gasteiger partial charge on any atom is -0.478 e. The van der Waals surface area contributed by atoms with Crippen LogP contribution in [-0.2, 0) is 0 Å². The average Bonchev–Trinajstić information content (AvgIpc) is 3.73. The molecule has 0 saturated carbocycles. The van der Waals surface area contributed by atoms with Crippen LogP contribution in [0.15, 0.2) is 133 Å². The maximum Gasteiger partial charge on any atom is 0.336 e. The number of fused-ring (bicyclic) bond motifs is 10. The van der Waals surface area contributed by atoms with Crippen molar-refractivity contribution in [2.45, 2.75) is 0 Å². The molecule has 0 saturated heterocycles. The minimum absolute atomic E-state index is 0.0636. The smallest absolute Gasteiger partial charge is 0.336 e. The van der Waals surface area contributed by atoms with Gasteiger partial charge in [-0.25, -0.2) is 4.79 Å². The van der Waals surface area contributed by atoms with Gasteiger partial charge in [-0.15, -0.1) is 0 Å². The molecule has 216 valence electrons. The van der Waals surface area contributed by atoms with E-state index in [-0.39, 0.29) is 11.3 Å². The predicted molar refractivity (Wildman–Crippen MR) is 184 cm³/mol. The Morgan fingerprint density at radius 2 is 1.11 bits per heavy atom. The van der Waals surface area contributed by atoms with Gasteiger partial charge in [-0.2, -0.15) is 0 Å². The van der Waals surface area contributed by atoms with Crippen molar-refractivity contribution in [1.29, 1.82) is 0 Å². The summed E-state index contributed by atoms with van der Waals surface area (Å²) in [5.41, 5.74) is 8.10. The molecule has 5 nitrogen and oxygen atoms in total. The van der Waals surface area contributed by atoms with Gasteiger partial charge in [0.15, 0.2) is 5.78 Å². The Bertz CT molecular complexity index is 2520. The molecule has 8 aromatic rings. The van der Waals surface area contributed by atoms with Crippen molar-refractivity contribution in [3.8, 4) is 22.3 Å².